The Labute approximate surface area is 314 Å². The molecule has 0 atom stereocenters. The zero-order chi connectivity index (χ0) is 37.1. The number of halogens is 3. The molecule has 0 saturated heterocycles. The quantitative estimate of drug-likeness (QED) is 0.112. The normalized spacial score (nSPS) is 9.86. The number of hydrogen-bond donors (Lipinski definition) is 0. The van der Waals surface area contributed by atoms with Gasteiger partial charge in [0.2, 0.25) is 0 Å². The van der Waals surface area contributed by atoms with Gasteiger partial charge in [0.1, 0.15) is 11.5 Å². The van der Waals surface area contributed by atoms with E-state index in [9.17, 15) is 4.39 Å². The third-order valence-corrected chi connectivity index (χ3v) is 7.59. The number of benzene rings is 4. The second-order valence-electron chi connectivity index (χ2n) is 11.7. The molecule has 0 fully saturated rings. The molecular weight excluding hydrogens is 684 g/mol. The Bertz CT molecular complexity index is 1750. The smallest absolute Gasteiger partial charge is 0.190 e. The molecular formula is C42H52Cl2FN3O3. The van der Waals surface area contributed by atoms with Gasteiger partial charge in [-0.15, -0.1) is 0 Å². The number of hydrogen-bond acceptors (Lipinski definition) is 4. The monoisotopic (exact) mass is 735 g/mol. The Morgan fingerprint density at radius 2 is 1.49 bits per heavy atom. The van der Waals surface area contributed by atoms with Gasteiger partial charge >= 0.3 is 0 Å². The summed E-state index contributed by atoms with van der Waals surface area (Å²) in [5, 5.41) is 5.80. The number of aromatic nitrogens is 2. The lowest BCUT2D eigenvalue weighted by Crippen LogP contribution is -2.05. The van der Waals surface area contributed by atoms with Crippen molar-refractivity contribution in [3.05, 3.63) is 146 Å². The fraction of sp³-hybridized carbons (Fsp3) is 0.333. The van der Waals surface area contributed by atoms with Gasteiger partial charge in [0, 0.05) is 42.9 Å². The van der Waals surface area contributed by atoms with E-state index in [1.807, 2.05) is 31.6 Å². The fourth-order valence-corrected chi connectivity index (χ4v) is 4.77. The average Bonchev–Trinajstić information content (AvgIpc) is 3.32. The van der Waals surface area contributed by atoms with E-state index in [0.29, 0.717) is 15.8 Å². The van der Waals surface area contributed by atoms with E-state index in [2.05, 4.69) is 61.9 Å². The van der Waals surface area contributed by atoms with Crippen LogP contribution in [0.25, 0.3) is 4.85 Å². The van der Waals surface area contributed by atoms with Gasteiger partial charge in [-0.1, -0.05) is 85.9 Å². The standard InChI is InChI=1S/C16H14FNO2.C14H18N2.C6H4Cl2.C5H12O.CH4/c1-11(2)19-13-5-7-14(8-6-13)20-16-9-4-12(18-3)10-15(16)17;1-10-5-7-13(8-6-10)9-14-11(2)12(3)15-16(14)4;7-5-2-1-3-6(8)4-5;1-3-4-5-6-2;/h4-11H,1-2H3;5-8H,9H2,1-4H3;1-4H;3-5H2,1-2H3;1H4. The lowest BCUT2D eigenvalue weighted by atomic mass is 10.0. The van der Waals surface area contributed by atoms with Crippen LogP contribution in [-0.4, -0.2) is 29.6 Å². The summed E-state index contributed by atoms with van der Waals surface area (Å²) in [6.07, 6.45) is 3.48. The van der Waals surface area contributed by atoms with Crippen LogP contribution < -0.4 is 9.47 Å². The first-order chi connectivity index (χ1) is 23.9. The first-order valence-corrected chi connectivity index (χ1v) is 17.2. The first-order valence-electron chi connectivity index (χ1n) is 16.4. The van der Waals surface area contributed by atoms with Crippen LogP contribution in [0.15, 0.2) is 91.0 Å². The molecule has 0 bridgehead atoms. The number of unbranched alkanes of at least 4 members (excludes halogenated alkanes) is 1. The van der Waals surface area contributed by atoms with E-state index in [0.717, 1.165) is 30.5 Å². The third-order valence-electron chi connectivity index (χ3n) is 7.11. The van der Waals surface area contributed by atoms with E-state index in [-0.39, 0.29) is 25.0 Å². The van der Waals surface area contributed by atoms with E-state index in [1.54, 1.807) is 49.6 Å². The lowest BCUT2D eigenvalue weighted by Gasteiger charge is -2.11. The van der Waals surface area contributed by atoms with Gasteiger partial charge in [0.15, 0.2) is 17.3 Å². The molecule has 0 unspecified atom stereocenters. The Hall–Kier alpha value is -4.35. The van der Waals surface area contributed by atoms with Gasteiger partial charge in [0.25, 0.3) is 0 Å². The Balaban J connectivity index is 0.000000372. The number of rotatable bonds is 9. The summed E-state index contributed by atoms with van der Waals surface area (Å²) in [5.74, 6) is 0.780. The molecule has 0 aliphatic heterocycles. The highest BCUT2D eigenvalue weighted by Gasteiger charge is 2.09. The Morgan fingerprint density at radius 1 is 0.882 bits per heavy atom. The summed E-state index contributed by atoms with van der Waals surface area (Å²) in [6.45, 7) is 20.1. The van der Waals surface area contributed by atoms with Gasteiger partial charge in [-0.25, -0.2) is 9.24 Å². The first kappa shape index (κ1) is 44.7. The number of ether oxygens (including phenoxy) is 3. The van der Waals surface area contributed by atoms with Crippen molar-refractivity contribution < 1.29 is 18.6 Å². The van der Waals surface area contributed by atoms with E-state index >= 15 is 0 Å². The zero-order valence-electron chi connectivity index (χ0n) is 30.3. The highest BCUT2D eigenvalue weighted by molar-refractivity contribution is 6.34. The molecule has 1 aromatic heterocycles. The maximum Gasteiger partial charge on any atom is 0.190 e. The molecule has 274 valence electrons. The summed E-state index contributed by atoms with van der Waals surface area (Å²) in [7, 11) is 3.75. The van der Waals surface area contributed by atoms with Crippen molar-refractivity contribution >= 4 is 28.9 Å². The van der Waals surface area contributed by atoms with E-state index in [4.69, 9.17) is 44.0 Å². The molecule has 6 nitrogen and oxygen atoms in total. The summed E-state index contributed by atoms with van der Waals surface area (Å²) < 4.78 is 31.4. The summed E-state index contributed by atoms with van der Waals surface area (Å²) in [6, 6.07) is 26.8. The summed E-state index contributed by atoms with van der Waals surface area (Å²) >= 11 is 11.1. The second kappa shape index (κ2) is 23.9. The molecule has 51 heavy (non-hydrogen) atoms. The molecule has 0 aliphatic carbocycles. The van der Waals surface area contributed by atoms with Crippen molar-refractivity contribution in [2.45, 2.75) is 74.3 Å². The zero-order valence-corrected chi connectivity index (χ0v) is 31.8. The van der Waals surface area contributed by atoms with Crippen LogP contribution >= 0.6 is 23.2 Å². The molecule has 9 heteroatoms. The van der Waals surface area contributed by atoms with Crippen molar-refractivity contribution in [3.63, 3.8) is 0 Å². The van der Waals surface area contributed by atoms with Crippen molar-refractivity contribution in [1.82, 2.24) is 9.78 Å². The lowest BCUT2D eigenvalue weighted by molar-refractivity contribution is 0.194. The van der Waals surface area contributed by atoms with Crippen LogP contribution in [0.2, 0.25) is 10.0 Å². The van der Waals surface area contributed by atoms with Gasteiger partial charge in [0.05, 0.1) is 18.4 Å². The van der Waals surface area contributed by atoms with Crippen LogP contribution in [-0.2, 0) is 18.2 Å². The van der Waals surface area contributed by atoms with Gasteiger partial charge in [-0.2, -0.15) is 5.10 Å². The summed E-state index contributed by atoms with van der Waals surface area (Å²) in [5.41, 5.74) is 6.64. The Morgan fingerprint density at radius 3 is 1.92 bits per heavy atom. The van der Waals surface area contributed by atoms with E-state index in [1.165, 1.54) is 47.4 Å². The van der Waals surface area contributed by atoms with Crippen molar-refractivity contribution in [3.8, 4) is 17.2 Å². The van der Waals surface area contributed by atoms with Gasteiger partial charge in [-0.3, -0.25) is 4.68 Å². The number of methoxy groups -OCH3 is 1. The maximum absolute atomic E-state index is 13.7. The van der Waals surface area contributed by atoms with Crippen LogP contribution in [0.3, 0.4) is 0 Å². The SMILES string of the molecule is C.CCCCOC.Cc1ccc(Cc2c(C)c(C)nn2C)cc1.Clc1cccc(Cl)c1.[C-]#[N+]c1ccc(Oc2ccc(OC(C)C)cc2)c(F)c1. The molecule has 4 aromatic carbocycles. The number of aryl methyl sites for hydroxylation is 3. The van der Waals surface area contributed by atoms with Crippen molar-refractivity contribution in [2.24, 2.45) is 7.05 Å². The summed E-state index contributed by atoms with van der Waals surface area (Å²) in [4.78, 5) is 3.16. The minimum atomic E-state index is -0.555. The molecule has 0 saturated carbocycles. The second-order valence-corrected chi connectivity index (χ2v) is 12.6. The minimum absolute atomic E-state index is 0. The highest BCUT2D eigenvalue weighted by atomic mass is 35.5. The molecule has 0 aliphatic rings. The van der Waals surface area contributed by atoms with Crippen LogP contribution in [0.4, 0.5) is 10.1 Å². The molecule has 5 rings (SSSR count). The molecule has 5 aromatic rings. The predicted molar refractivity (Wildman–Crippen MR) is 212 cm³/mol. The molecule has 0 spiro atoms. The largest absolute Gasteiger partial charge is 0.491 e. The Kier molecular flexibility index (Phi) is 21.0. The average molecular weight is 737 g/mol. The molecule has 0 N–H and O–H groups in total. The highest BCUT2D eigenvalue weighted by Crippen LogP contribution is 2.29. The maximum atomic E-state index is 13.7. The van der Waals surface area contributed by atoms with Crippen LogP contribution in [0.1, 0.15) is 69.1 Å². The number of nitrogens with zero attached hydrogens (tertiary/aromatic N) is 3. The van der Waals surface area contributed by atoms with Crippen LogP contribution in [0.5, 0.6) is 17.2 Å². The third kappa shape index (κ3) is 16.9. The topological polar surface area (TPSA) is 49.9 Å². The fourth-order valence-electron chi connectivity index (χ4n) is 4.33. The molecule has 0 amide bonds. The van der Waals surface area contributed by atoms with Crippen molar-refractivity contribution in [1.29, 1.82) is 0 Å². The van der Waals surface area contributed by atoms with Gasteiger partial charge < -0.3 is 14.2 Å². The molecule has 1 heterocycles. The van der Waals surface area contributed by atoms with Crippen molar-refractivity contribution in [2.75, 3.05) is 13.7 Å². The van der Waals surface area contributed by atoms with Crippen LogP contribution in [0, 0.1) is 33.2 Å². The van der Waals surface area contributed by atoms with Gasteiger partial charge in [-0.05, 0) is 107 Å². The molecule has 0 radical (unpaired) electrons. The predicted octanol–water partition coefficient (Wildman–Crippen LogP) is 13.0. The van der Waals surface area contributed by atoms with E-state index < -0.39 is 5.82 Å². The minimum Gasteiger partial charge on any atom is -0.491 e.